The number of aromatic nitrogens is 2. The fourth-order valence-corrected chi connectivity index (χ4v) is 3.88. The van der Waals surface area contributed by atoms with Gasteiger partial charge in [-0.2, -0.15) is 0 Å². The first-order valence-corrected chi connectivity index (χ1v) is 9.85. The van der Waals surface area contributed by atoms with Crippen LogP contribution in [0.1, 0.15) is 24.2 Å². The van der Waals surface area contributed by atoms with E-state index in [1.165, 1.54) is 11.8 Å². The Labute approximate surface area is 165 Å². The second-order valence-corrected chi connectivity index (χ2v) is 7.51. The van der Waals surface area contributed by atoms with Crippen LogP contribution in [-0.2, 0) is 16.1 Å². The lowest BCUT2D eigenvalue weighted by molar-refractivity contribution is -0.384. The van der Waals surface area contributed by atoms with Gasteiger partial charge in [0, 0.05) is 24.4 Å². The lowest BCUT2D eigenvalue weighted by atomic mass is 10.2. The summed E-state index contributed by atoms with van der Waals surface area (Å²) in [6.45, 7) is 5.32. The Kier molecular flexibility index (Phi) is 6.30. The molecule has 1 N–H and O–H groups in total. The summed E-state index contributed by atoms with van der Waals surface area (Å²) in [5.74, 6) is -1.19. The first-order chi connectivity index (χ1) is 13.3. The molecule has 0 saturated carbocycles. The van der Waals surface area contributed by atoms with Gasteiger partial charge in [0.15, 0.2) is 5.16 Å². The van der Waals surface area contributed by atoms with Gasteiger partial charge in [0.1, 0.15) is 5.82 Å². The molecule has 0 bridgehead atoms. The molecule has 150 valence electrons. The number of anilines is 1. The van der Waals surface area contributed by atoms with Crippen molar-refractivity contribution in [2.75, 3.05) is 17.7 Å². The minimum atomic E-state index is -0.726. The fourth-order valence-electron chi connectivity index (χ4n) is 2.98. The van der Waals surface area contributed by atoms with Crippen molar-refractivity contribution in [3.63, 3.8) is 0 Å². The average Bonchev–Trinajstić information content (AvgIpc) is 3.25. The van der Waals surface area contributed by atoms with Crippen LogP contribution in [0, 0.1) is 29.8 Å². The van der Waals surface area contributed by atoms with Crippen molar-refractivity contribution in [3.05, 3.63) is 45.5 Å². The molecule has 2 aromatic rings. The summed E-state index contributed by atoms with van der Waals surface area (Å²) in [6, 6.07) is 3.01. The zero-order valence-corrected chi connectivity index (χ0v) is 16.4. The highest BCUT2D eigenvalue weighted by Gasteiger charge is 2.21. The molecule has 1 saturated heterocycles. The van der Waals surface area contributed by atoms with Crippen molar-refractivity contribution in [2.45, 2.75) is 44.5 Å². The standard InChI is InChI=1S/C18H21FN4O4S/c1-11-12(2)22(9-14-4-3-7-27-14)18(20-11)28-10-17(24)21-16-8-13(23(25)26)5-6-15(16)19/h5-6,8,14H,3-4,7,9-10H2,1-2H3,(H,21,24). The predicted octanol–water partition coefficient (Wildman–Crippen LogP) is 3.46. The fraction of sp³-hybridized carbons (Fsp3) is 0.444. The van der Waals surface area contributed by atoms with Gasteiger partial charge in [-0.05, 0) is 32.8 Å². The lowest BCUT2D eigenvalue weighted by Gasteiger charge is -2.14. The molecule has 1 aliphatic heterocycles. The molecule has 8 nitrogen and oxygen atoms in total. The van der Waals surface area contributed by atoms with E-state index in [1.54, 1.807) is 0 Å². The maximum atomic E-state index is 13.8. The van der Waals surface area contributed by atoms with E-state index in [4.69, 9.17) is 4.74 Å². The van der Waals surface area contributed by atoms with Gasteiger partial charge in [-0.3, -0.25) is 14.9 Å². The number of amides is 1. The molecule has 10 heteroatoms. The number of non-ortho nitro benzene ring substituents is 1. The van der Waals surface area contributed by atoms with E-state index >= 15 is 0 Å². The van der Waals surface area contributed by atoms with Gasteiger partial charge in [0.25, 0.3) is 5.69 Å². The number of ether oxygens (including phenoxy) is 1. The number of thioether (sulfide) groups is 1. The maximum absolute atomic E-state index is 13.8. The summed E-state index contributed by atoms with van der Waals surface area (Å²) in [7, 11) is 0. The van der Waals surface area contributed by atoms with Crippen LogP contribution in [0.4, 0.5) is 15.8 Å². The van der Waals surface area contributed by atoms with Crippen LogP contribution in [0.2, 0.25) is 0 Å². The largest absolute Gasteiger partial charge is 0.376 e. The van der Waals surface area contributed by atoms with E-state index in [-0.39, 0.29) is 23.2 Å². The third kappa shape index (κ3) is 4.68. The molecule has 2 heterocycles. The highest BCUT2D eigenvalue weighted by molar-refractivity contribution is 7.99. The van der Waals surface area contributed by atoms with Crippen LogP contribution in [0.25, 0.3) is 0 Å². The van der Waals surface area contributed by atoms with Gasteiger partial charge in [0.05, 0.1) is 34.7 Å². The molecule has 0 aliphatic carbocycles. The first-order valence-electron chi connectivity index (χ1n) is 8.87. The highest BCUT2D eigenvalue weighted by Crippen LogP contribution is 2.25. The molecule has 1 aromatic carbocycles. The van der Waals surface area contributed by atoms with E-state index < -0.39 is 16.6 Å². The van der Waals surface area contributed by atoms with E-state index in [0.29, 0.717) is 11.7 Å². The molecule has 28 heavy (non-hydrogen) atoms. The second-order valence-electron chi connectivity index (χ2n) is 6.57. The Balaban J connectivity index is 1.65. The minimum absolute atomic E-state index is 0.00352. The Hall–Kier alpha value is -2.46. The van der Waals surface area contributed by atoms with Crippen LogP contribution in [0.15, 0.2) is 23.4 Å². The van der Waals surface area contributed by atoms with Gasteiger partial charge < -0.3 is 14.6 Å². The summed E-state index contributed by atoms with van der Waals surface area (Å²) in [5, 5.41) is 13.9. The van der Waals surface area contributed by atoms with E-state index in [1.807, 2.05) is 18.4 Å². The number of rotatable bonds is 7. The van der Waals surface area contributed by atoms with Gasteiger partial charge in [0.2, 0.25) is 5.91 Å². The Morgan fingerprint density at radius 1 is 1.50 bits per heavy atom. The second kappa shape index (κ2) is 8.70. The van der Waals surface area contributed by atoms with Crippen molar-refractivity contribution >= 4 is 29.0 Å². The monoisotopic (exact) mass is 408 g/mol. The SMILES string of the molecule is Cc1nc(SCC(=O)Nc2cc([N+](=O)[O-])ccc2F)n(CC2CCCO2)c1C. The summed E-state index contributed by atoms with van der Waals surface area (Å²) in [4.78, 5) is 26.9. The van der Waals surface area contributed by atoms with Crippen LogP contribution in [0.5, 0.6) is 0 Å². The Bertz CT molecular complexity index is 896. The number of nitro benzene ring substituents is 1. The summed E-state index contributed by atoms with van der Waals surface area (Å²) < 4.78 is 21.6. The van der Waals surface area contributed by atoms with Crippen LogP contribution in [-0.4, -0.2) is 38.8 Å². The van der Waals surface area contributed by atoms with Crippen molar-refractivity contribution in [1.82, 2.24) is 9.55 Å². The number of benzene rings is 1. The maximum Gasteiger partial charge on any atom is 0.271 e. The number of carbonyl (C=O) groups is 1. The van der Waals surface area contributed by atoms with Crippen LogP contribution >= 0.6 is 11.8 Å². The van der Waals surface area contributed by atoms with Gasteiger partial charge >= 0.3 is 0 Å². The molecular weight excluding hydrogens is 387 g/mol. The number of halogens is 1. The number of nitrogens with one attached hydrogen (secondary N) is 1. The number of hydrogen-bond donors (Lipinski definition) is 1. The van der Waals surface area contributed by atoms with E-state index in [2.05, 4.69) is 10.3 Å². The first kappa shape index (κ1) is 20.3. The average molecular weight is 408 g/mol. The third-order valence-corrected chi connectivity index (χ3v) is 5.58. The predicted molar refractivity (Wildman–Crippen MR) is 103 cm³/mol. The summed E-state index contributed by atoms with van der Waals surface area (Å²) in [6.07, 6.45) is 2.17. The van der Waals surface area contributed by atoms with Crippen LogP contribution < -0.4 is 5.32 Å². The van der Waals surface area contributed by atoms with Gasteiger partial charge in [-0.15, -0.1) is 0 Å². The minimum Gasteiger partial charge on any atom is -0.376 e. The number of nitro groups is 1. The van der Waals surface area contributed by atoms with Crippen molar-refractivity contribution < 1.29 is 18.8 Å². The molecule has 1 aliphatic rings. The summed E-state index contributed by atoms with van der Waals surface area (Å²) in [5.41, 5.74) is 1.39. The molecule has 0 spiro atoms. The molecule has 3 rings (SSSR count). The molecule has 1 aromatic heterocycles. The number of aryl methyl sites for hydroxylation is 1. The smallest absolute Gasteiger partial charge is 0.271 e. The number of imidazole rings is 1. The normalized spacial score (nSPS) is 16.3. The van der Waals surface area contributed by atoms with E-state index in [9.17, 15) is 19.3 Å². The Morgan fingerprint density at radius 3 is 2.96 bits per heavy atom. The zero-order valence-electron chi connectivity index (χ0n) is 15.6. The number of nitrogens with zero attached hydrogens (tertiary/aromatic N) is 3. The molecular formula is C18H21FN4O4S. The van der Waals surface area contributed by atoms with Crippen LogP contribution in [0.3, 0.4) is 0 Å². The Morgan fingerprint density at radius 2 is 2.29 bits per heavy atom. The van der Waals surface area contributed by atoms with Gasteiger partial charge in [-0.1, -0.05) is 11.8 Å². The van der Waals surface area contributed by atoms with Crippen molar-refractivity contribution in [1.29, 1.82) is 0 Å². The van der Waals surface area contributed by atoms with Crippen molar-refractivity contribution in [3.8, 4) is 0 Å². The lowest BCUT2D eigenvalue weighted by Crippen LogP contribution is -2.18. The molecule has 0 radical (unpaired) electrons. The van der Waals surface area contributed by atoms with E-state index in [0.717, 1.165) is 49.0 Å². The molecule has 1 fully saturated rings. The topological polar surface area (TPSA) is 99.3 Å². The molecule has 1 atom stereocenters. The number of carbonyl (C=O) groups excluding carboxylic acids is 1. The van der Waals surface area contributed by atoms with Crippen molar-refractivity contribution in [2.24, 2.45) is 0 Å². The zero-order chi connectivity index (χ0) is 20.3. The summed E-state index contributed by atoms with van der Waals surface area (Å²) >= 11 is 1.24. The highest BCUT2D eigenvalue weighted by atomic mass is 32.2. The third-order valence-electron chi connectivity index (χ3n) is 4.60. The number of hydrogen-bond acceptors (Lipinski definition) is 6. The van der Waals surface area contributed by atoms with Gasteiger partial charge in [-0.25, -0.2) is 9.37 Å². The quantitative estimate of drug-likeness (QED) is 0.428. The molecule has 1 amide bonds. The molecule has 1 unspecified atom stereocenters.